The van der Waals surface area contributed by atoms with Crippen LogP contribution in [0.2, 0.25) is 0 Å². The number of carbonyl (C=O) groups excluding carboxylic acids is 2. The molecule has 0 aliphatic carbocycles. The fourth-order valence-corrected chi connectivity index (χ4v) is 4.41. The van der Waals surface area contributed by atoms with Crippen LogP contribution in [0.5, 0.6) is 11.5 Å². The number of aromatic nitrogens is 1. The molecule has 34 heavy (non-hydrogen) atoms. The molecule has 0 aliphatic rings. The first kappa shape index (κ1) is 23.3. The van der Waals surface area contributed by atoms with Gasteiger partial charge in [-0.15, -0.1) is 11.3 Å². The number of thiazole rings is 1. The van der Waals surface area contributed by atoms with Gasteiger partial charge in [0.05, 0.1) is 22.3 Å². The van der Waals surface area contributed by atoms with Crippen LogP contribution in [0.25, 0.3) is 10.2 Å². The highest BCUT2D eigenvalue weighted by molar-refractivity contribution is 7.18. The Kier molecular flexibility index (Phi) is 7.72. The third-order valence-electron chi connectivity index (χ3n) is 4.99. The molecule has 3 aromatic carbocycles. The molecule has 0 saturated heterocycles. The smallest absolute Gasteiger partial charge is 0.262 e. The fraction of sp³-hybridized carbons (Fsp3) is 0.192. The molecule has 2 amide bonds. The molecule has 2 N–H and O–H groups in total. The van der Waals surface area contributed by atoms with Crippen molar-refractivity contribution < 1.29 is 19.1 Å². The zero-order chi connectivity index (χ0) is 23.8. The van der Waals surface area contributed by atoms with Crippen LogP contribution in [-0.2, 0) is 16.0 Å². The van der Waals surface area contributed by atoms with Crippen LogP contribution in [0.1, 0.15) is 17.8 Å². The predicted molar refractivity (Wildman–Crippen MR) is 135 cm³/mol. The Morgan fingerprint density at radius 1 is 0.882 bits per heavy atom. The Morgan fingerprint density at radius 2 is 1.59 bits per heavy atom. The van der Waals surface area contributed by atoms with Crippen molar-refractivity contribution >= 4 is 44.7 Å². The minimum absolute atomic E-state index is 0.0795. The second-order valence-electron chi connectivity index (χ2n) is 7.55. The van der Waals surface area contributed by atoms with Crippen LogP contribution in [0.3, 0.4) is 0 Å². The van der Waals surface area contributed by atoms with Crippen LogP contribution in [0.15, 0.2) is 72.8 Å². The van der Waals surface area contributed by atoms with E-state index in [9.17, 15) is 9.59 Å². The normalized spacial score (nSPS) is 10.6. The first-order valence-electron chi connectivity index (χ1n) is 10.9. The number of hydrogen-bond acceptors (Lipinski definition) is 6. The Bertz CT molecular complexity index is 1250. The van der Waals surface area contributed by atoms with Gasteiger partial charge in [-0.3, -0.25) is 9.59 Å². The number of nitrogens with zero attached hydrogens (tertiary/aromatic N) is 1. The monoisotopic (exact) mass is 475 g/mol. The summed E-state index contributed by atoms with van der Waals surface area (Å²) in [6.07, 6.45) is 1.86. The fourth-order valence-electron chi connectivity index (χ4n) is 3.40. The number of aryl methyl sites for hydroxylation is 1. The first-order valence-corrected chi connectivity index (χ1v) is 11.7. The number of rotatable bonds is 10. The lowest BCUT2D eigenvalue weighted by Crippen LogP contribution is -2.20. The summed E-state index contributed by atoms with van der Waals surface area (Å²) in [5.74, 6) is 0.657. The second kappa shape index (κ2) is 11.3. The molecule has 1 heterocycles. The minimum Gasteiger partial charge on any atom is -0.493 e. The Morgan fingerprint density at radius 3 is 2.35 bits per heavy atom. The lowest BCUT2D eigenvalue weighted by Gasteiger charge is -2.11. The molecule has 0 aliphatic heterocycles. The van der Waals surface area contributed by atoms with E-state index in [1.165, 1.54) is 0 Å². The van der Waals surface area contributed by atoms with E-state index in [-0.39, 0.29) is 18.4 Å². The zero-order valence-electron chi connectivity index (χ0n) is 18.7. The van der Waals surface area contributed by atoms with Gasteiger partial charge in [0.25, 0.3) is 5.91 Å². The first-order chi connectivity index (χ1) is 16.6. The van der Waals surface area contributed by atoms with Crippen molar-refractivity contribution in [2.45, 2.75) is 19.3 Å². The highest BCUT2D eigenvalue weighted by Gasteiger charge is 2.09. The van der Waals surface area contributed by atoms with E-state index < -0.39 is 0 Å². The van der Waals surface area contributed by atoms with Gasteiger partial charge in [-0.1, -0.05) is 30.3 Å². The van der Waals surface area contributed by atoms with Crippen LogP contribution in [0, 0.1) is 0 Å². The number of amides is 2. The molecule has 0 atom stereocenters. The number of hydrogen-bond donors (Lipinski definition) is 2. The molecular weight excluding hydrogens is 450 g/mol. The molecule has 0 radical (unpaired) electrons. The van der Waals surface area contributed by atoms with E-state index >= 15 is 0 Å². The van der Waals surface area contributed by atoms with Crippen molar-refractivity contribution in [2.75, 3.05) is 24.4 Å². The van der Waals surface area contributed by atoms with Crippen molar-refractivity contribution in [3.63, 3.8) is 0 Å². The van der Waals surface area contributed by atoms with E-state index in [4.69, 9.17) is 9.47 Å². The van der Waals surface area contributed by atoms with Gasteiger partial charge in [0, 0.05) is 17.8 Å². The molecule has 0 unspecified atom stereocenters. The maximum atomic E-state index is 12.4. The maximum Gasteiger partial charge on any atom is 0.262 e. The van der Waals surface area contributed by atoms with Crippen molar-refractivity contribution in [2.24, 2.45) is 0 Å². The highest BCUT2D eigenvalue weighted by atomic mass is 32.1. The lowest BCUT2D eigenvalue weighted by molar-refractivity contribution is -0.118. The molecule has 174 valence electrons. The molecule has 4 aromatic rings. The number of nitrogens with one attached hydrogen (secondary N) is 2. The number of ether oxygens (including phenoxy) is 2. The summed E-state index contributed by atoms with van der Waals surface area (Å²) in [6.45, 7) is -0.164. The van der Waals surface area contributed by atoms with E-state index in [1.807, 2.05) is 24.3 Å². The summed E-state index contributed by atoms with van der Waals surface area (Å²) < 4.78 is 11.9. The number of para-hydroxylation sites is 3. The molecule has 0 fully saturated rings. The number of benzene rings is 3. The Balaban J connectivity index is 1.23. The second-order valence-corrected chi connectivity index (χ2v) is 8.66. The summed E-state index contributed by atoms with van der Waals surface area (Å²) in [5, 5.41) is 6.70. The van der Waals surface area contributed by atoms with E-state index in [2.05, 4.69) is 21.7 Å². The summed E-state index contributed by atoms with van der Waals surface area (Å²) in [7, 11) is 1.54. The van der Waals surface area contributed by atoms with Crippen molar-refractivity contribution in [1.82, 2.24) is 4.98 Å². The molecule has 7 nitrogen and oxygen atoms in total. The van der Waals surface area contributed by atoms with E-state index in [0.29, 0.717) is 35.7 Å². The summed E-state index contributed by atoms with van der Waals surface area (Å²) >= 11 is 1.66. The van der Waals surface area contributed by atoms with E-state index in [0.717, 1.165) is 21.6 Å². The third-order valence-corrected chi connectivity index (χ3v) is 6.09. The van der Waals surface area contributed by atoms with Gasteiger partial charge in [-0.25, -0.2) is 4.98 Å². The number of carbonyl (C=O) groups is 2. The molecular formula is C26H25N3O4S. The van der Waals surface area contributed by atoms with Gasteiger partial charge in [0.15, 0.2) is 18.1 Å². The van der Waals surface area contributed by atoms with Crippen LogP contribution in [0.4, 0.5) is 11.4 Å². The lowest BCUT2D eigenvalue weighted by atomic mass is 10.2. The molecule has 0 saturated carbocycles. The van der Waals surface area contributed by atoms with Crippen molar-refractivity contribution in [3.05, 3.63) is 77.8 Å². The molecule has 0 spiro atoms. The minimum atomic E-state index is -0.315. The maximum absolute atomic E-state index is 12.4. The zero-order valence-corrected chi connectivity index (χ0v) is 19.6. The topological polar surface area (TPSA) is 89.5 Å². The van der Waals surface area contributed by atoms with Crippen molar-refractivity contribution in [3.8, 4) is 11.5 Å². The van der Waals surface area contributed by atoms with Gasteiger partial charge in [0.1, 0.15) is 0 Å². The summed E-state index contributed by atoms with van der Waals surface area (Å²) in [4.78, 5) is 29.3. The molecule has 4 rings (SSSR count). The van der Waals surface area contributed by atoms with Crippen LogP contribution in [-0.4, -0.2) is 30.5 Å². The number of methoxy groups -OCH3 is 1. The standard InChI is InChI=1S/C26H25N3O4S/c1-32-21-11-3-4-12-22(21)33-17-25(31)28-19-9-6-8-18(16-19)27-24(30)14-7-15-26-29-20-10-2-5-13-23(20)34-26/h2-6,8-13,16H,7,14-15,17H2,1H3,(H,27,30)(H,28,31). The SMILES string of the molecule is COc1ccccc1OCC(=O)Nc1cccc(NC(=O)CCCc2nc3ccccc3s2)c1. The van der Waals surface area contributed by atoms with Crippen LogP contribution < -0.4 is 20.1 Å². The predicted octanol–water partition coefficient (Wildman–Crippen LogP) is 5.28. The quantitative estimate of drug-likeness (QED) is 0.326. The van der Waals surface area contributed by atoms with Gasteiger partial charge in [0.2, 0.25) is 5.91 Å². The molecule has 8 heteroatoms. The van der Waals surface area contributed by atoms with Gasteiger partial charge in [-0.2, -0.15) is 0 Å². The van der Waals surface area contributed by atoms with Gasteiger partial charge >= 0.3 is 0 Å². The Hall–Kier alpha value is -3.91. The average molecular weight is 476 g/mol. The number of anilines is 2. The van der Waals surface area contributed by atoms with Crippen LogP contribution >= 0.6 is 11.3 Å². The Labute approximate surface area is 201 Å². The highest BCUT2D eigenvalue weighted by Crippen LogP contribution is 2.26. The van der Waals surface area contributed by atoms with E-state index in [1.54, 1.807) is 60.9 Å². The summed E-state index contributed by atoms with van der Waals surface area (Å²) in [6, 6.07) is 22.2. The third kappa shape index (κ3) is 6.32. The molecule has 1 aromatic heterocycles. The summed E-state index contributed by atoms with van der Waals surface area (Å²) in [5.41, 5.74) is 2.19. The van der Waals surface area contributed by atoms with Gasteiger partial charge in [-0.05, 0) is 55.3 Å². The number of fused-ring (bicyclic) bond motifs is 1. The van der Waals surface area contributed by atoms with Crippen molar-refractivity contribution in [1.29, 1.82) is 0 Å². The van der Waals surface area contributed by atoms with Gasteiger partial charge < -0.3 is 20.1 Å². The molecule has 0 bridgehead atoms. The average Bonchev–Trinajstić information content (AvgIpc) is 3.26. The largest absolute Gasteiger partial charge is 0.493 e.